The van der Waals surface area contributed by atoms with E-state index in [0.717, 1.165) is 0 Å². The third kappa shape index (κ3) is 2.23. The molecule has 0 spiro atoms. The maximum atomic E-state index is 5.61. The number of benzene rings is 1. The molecule has 0 saturated carbocycles. The smallest absolute Gasteiger partial charge is 0.0814 e. The Labute approximate surface area is 63.8 Å². The molecule has 54 valence electrons. The van der Waals surface area contributed by atoms with Gasteiger partial charge in [-0.15, -0.1) is 0 Å². The normalized spacial score (nSPS) is 11.8. The molecule has 2 heteroatoms. The topological polar surface area (TPSA) is 26.0 Å². The van der Waals surface area contributed by atoms with Crippen LogP contribution in [0.1, 0.15) is 18.5 Å². The van der Waals surface area contributed by atoms with E-state index in [2.05, 4.69) is 0 Å². The van der Waals surface area contributed by atoms with E-state index in [4.69, 9.17) is 5.73 Å². The predicted molar refractivity (Wildman–Crippen MR) is 49.0 cm³/mol. The van der Waals surface area contributed by atoms with E-state index in [0.29, 0.717) is 0 Å². The van der Waals surface area contributed by atoms with Crippen LogP contribution >= 0.6 is 0 Å². The summed E-state index contributed by atoms with van der Waals surface area (Å²) in [5.74, 6) is 0. The van der Waals surface area contributed by atoms with E-state index < -0.39 is 0 Å². The lowest BCUT2D eigenvalue weighted by atomic mass is 10.1. The molecule has 0 aliphatic heterocycles. The first-order valence-corrected chi connectivity index (χ1v) is 3.11. The van der Waals surface area contributed by atoms with Gasteiger partial charge in [-0.05, 0) is 12.5 Å². The van der Waals surface area contributed by atoms with Crippen molar-refractivity contribution in [3.05, 3.63) is 35.9 Å². The van der Waals surface area contributed by atoms with Gasteiger partial charge in [-0.25, -0.2) is 0 Å². The Hall–Kier alpha value is -0.755. The second-order valence-electron chi connectivity index (χ2n) is 2.20. The molecule has 10 heavy (non-hydrogen) atoms. The van der Waals surface area contributed by atoms with Gasteiger partial charge in [-0.3, -0.25) is 0 Å². The first kappa shape index (κ1) is 9.24. The lowest BCUT2D eigenvalue weighted by molar-refractivity contribution is 0.818. The van der Waals surface area contributed by atoms with Crippen molar-refractivity contribution in [3.63, 3.8) is 0 Å². The number of hydrogen-bond donors (Lipinski definition) is 1. The molecule has 0 heterocycles. The molecule has 0 aliphatic rings. The summed E-state index contributed by atoms with van der Waals surface area (Å²) in [5, 5.41) is 0. The fraction of sp³-hybridized carbons (Fsp3) is 0.250. The highest BCUT2D eigenvalue weighted by atomic mass is 14.6. The van der Waals surface area contributed by atoms with Crippen molar-refractivity contribution in [1.29, 1.82) is 0 Å². The van der Waals surface area contributed by atoms with Gasteiger partial charge in [-0.1, -0.05) is 30.3 Å². The molecular formula is C8H14BN. The van der Waals surface area contributed by atoms with Gasteiger partial charge in [0.1, 0.15) is 0 Å². The van der Waals surface area contributed by atoms with Gasteiger partial charge < -0.3 is 5.73 Å². The van der Waals surface area contributed by atoms with Gasteiger partial charge >= 0.3 is 0 Å². The van der Waals surface area contributed by atoms with Crippen molar-refractivity contribution in [1.82, 2.24) is 0 Å². The van der Waals surface area contributed by atoms with E-state index in [9.17, 15) is 0 Å². The van der Waals surface area contributed by atoms with Crippen LogP contribution in [-0.4, -0.2) is 8.41 Å². The molecular weight excluding hydrogens is 121 g/mol. The summed E-state index contributed by atoms with van der Waals surface area (Å²) in [5.41, 5.74) is 6.81. The lowest BCUT2D eigenvalue weighted by Crippen LogP contribution is -2.03. The molecule has 2 N–H and O–H groups in total. The fourth-order valence-electron chi connectivity index (χ4n) is 0.757. The Kier molecular flexibility index (Phi) is 3.81. The SMILES string of the molecule is B.C[C@@H](N)c1ccccc1. The Balaban J connectivity index is 0.000000810. The van der Waals surface area contributed by atoms with E-state index in [-0.39, 0.29) is 14.5 Å². The summed E-state index contributed by atoms with van der Waals surface area (Å²) in [6, 6.07) is 10.2. The highest BCUT2D eigenvalue weighted by Crippen LogP contribution is 2.06. The molecule has 1 atom stereocenters. The van der Waals surface area contributed by atoms with Crippen LogP contribution in [0.25, 0.3) is 0 Å². The zero-order valence-electron chi connectivity index (χ0n) is 5.54. The summed E-state index contributed by atoms with van der Waals surface area (Å²) >= 11 is 0. The first-order chi connectivity index (χ1) is 4.30. The maximum absolute atomic E-state index is 5.61. The third-order valence-electron chi connectivity index (χ3n) is 1.33. The summed E-state index contributed by atoms with van der Waals surface area (Å²) in [6.45, 7) is 1.98. The van der Waals surface area contributed by atoms with Gasteiger partial charge in [0.2, 0.25) is 0 Å². The van der Waals surface area contributed by atoms with Crippen molar-refractivity contribution in [3.8, 4) is 0 Å². The third-order valence-corrected chi connectivity index (χ3v) is 1.33. The fourth-order valence-corrected chi connectivity index (χ4v) is 0.757. The Morgan fingerprint density at radius 2 is 1.70 bits per heavy atom. The van der Waals surface area contributed by atoms with E-state index in [1.165, 1.54) is 5.56 Å². The van der Waals surface area contributed by atoms with Crippen LogP contribution in [-0.2, 0) is 0 Å². The summed E-state index contributed by atoms with van der Waals surface area (Å²) < 4.78 is 0. The monoisotopic (exact) mass is 135 g/mol. The van der Waals surface area contributed by atoms with Crippen molar-refractivity contribution < 1.29 is 0 Å². The molecule has 0 bridgehead atoms. The highest BCUT2D eigenvalue weighted by molar-refractivity contribution is 5.75. The Morgan fingerprint density at radius 3 is 2.00 bits per heavy atom. The molecule has 0 fully saturated rings. The Bertz CT molecular complexity index is 172. The van der Waals surface area contributed by atoms with Gasteiger partial charge in [0.15, 0.2) is 0 Å². The molecule has 0 amide bonds. The van der Waals surface area contributed by atoms with Gasteiger partial charge in [0, 0.05) is 6.04 Å². The minimum atomic E-state index is 0. The maximum Gasteiger partial charge on any atom is 0.0814 e. The zero-order valence-corrected chi connectivity index (χ0v) is 5.54. The average Bonchev–Trinajstić information content (AvgIpc) is 1.90. The minimum absolute atomic E-state index is 0. The van der Waals surface area contributed by atoms with Crippen LogP contribution in [0, 0.1) is 0 Å². The molecule has 0 saturated heterocycles. The number of hydrogen-bond acceptors (Lipinski definition) is 1. The quantitative estimate of drug-likeness (QED) is 0.558. The molecule has 1 nitrogen and oxygen atoms in total. The van der Waals surface area contributed by atoms with Gasteiger partial charge in [0.25, 0.3) is 0 Å². The van der Waals surface area contributed by atoms with Gasteiger partial charge in [-0.2, -0.15) is 0 Å². The first-order valence-electron chi connectivity index (χ1n) is 3.11. The van der Waals surface area contributed by atoms with Crippen LogP contribution in [0.5, 0.6) is 0 Å². The van der Waals surface area contributed by atoms with Crippen LogP contribution in [0.2, 0.25) is 0 Å². The van der Waals surface area contributed by atoms with Crippen molar-refractivity contribution >= 4 is 8.41 Å². The Morgan fingerprint density at radius 1 is 1.20 bits per heavy atom. The zero-order chi connectivity index (χ0) is 6.69. The predicted octanol–water partition coefficient (Wildman–Crippen LogP) is 0.522. The molecule has 0 radical (unpaired) electrons. The van der Waals surface area contributed by atoms with Crippen molar-refractivity contribution in [2.45, 2.75) is 13.0 Å². The molecule has 0 unspecified atom stereocenters. The summed E-state index contributed by atoms with van der Waals surface area (Å²) in [6.07, 6.45) is 0. The van der Waals surface area contributed by atoms with Crippen LogP contribution in [0.15, 0.2) is 30.3 Å². The molecule has 0 aliphatic carbocycles. The molecule has 1 rings (SSSR count). The van der Waals surface area contributed by atoms with Crippen LogP contribution < -0.4 is 5.73 Å². The summed E-state index contributed by atoms with van der Waals surface area (Å²) in [7, 11) is 0. The highest BCUT2D eigenvalue weighted by Gasteiger charge is 1.93. The molecule has 0 aromatic heterocycles. The van der Waals surface area contributed by atoms with Crippen LogP contribution in [0.3, 0.4) is 0 Å². The molecule has 1 aromatic carbocycles. The second kappa shape index (κ2) is 4.12. The second-order valence-corrected chi connectivity index (χ2v) is 2.20. The standard InChI is InChI=1S/C8H11N.BH3/c1-7(9)8-5-3-2-4-6-8;/h2-7H,9H2,1H3;1H3/t7-;/m1./s1. The average molecular weight is 135 g/mol. The van der Waals surface area contributed by atoms with Gasteiger partial charge in [0.05, 0.1) is 8.41 Å². The van der Waals surface area contributed by atoms with Crippen LogP contribution in [0.4, 0.5) is 0 Å². The van der Waals surface area contributed by atoms with E-state index in [1.807, 2.05) is 37.3 Å². The van der Waals surface area contributed by atoms with E-state index >= 15 is 0 Å². The van der Waals surface area contributed by atoms with Crippen molar-refractivity contribution in [2.24, 2.45) is 5.73 Å². The number of nitrogens with two attached hydrogens (primary N) is 1. The van der Waals surface area contributed by atoms with E-state index in [1.54, 1.807) is 0 Å². The lowest BCUT2D eigenvalue weighted by Gasteiger charge is -2.02. The minimum Gasteiger partial charge on any atom is -0.324 e. The summed E-state index contributed by atoms with van der Waals surface area (Å²) in [4.78, 5) is 0. The van der Waals surface area contributed by atoms with Crippen molar-refractivity contribution in [2.75, 3.05) is 0 Å². The molecule has 1 aromatic rings. The largest absolute Gasteiger partial charge is 0.324 e. The number of rotatable bonds is 1.